The Hall–Kier alpha value is -1.75. The van der Waals surface area contributed by atoms with E-state index in [1.165, 1.54) is 19.3 Å². The number of rotatable bonds is 5. The van der Waals surface area contributed by atoms with Crippen LogP contribution in [-0.4, -0.2) is 56.7 Å². The van der Waals surface area contributed by atoms with Crippen LogP contribution in [0.25, 0.3) is 0 Å². The van der Waals surface area contributed by atoms with Crippen LogP contribution in [0.15, 0.2) is 24.3 Å². The van der Waals surface area contributed by atoms with E-state index in [1.54, 1.807) is 26.1 Å². The van der Waals surface area contributed by atoms with E-state index in [4.69, 9.17) is 4.74 Å². The Bertz CT molecular complexity index is 485. The average Bonchev–Trinajstić information content (AvgIpc) is 2.56. The molecule has 1 unspecified atom stereocenters. The highest BCUT2D eigenvalue weighted by molar-refractivity contribution is 5.73. The molecule has 5 heteroatoms. The number of likely N-dealkylation sites (tertiary alicyclic amines) is 1. The van der Waals surface area contributed by atoms with E-state index < -0.39 is 0 Å². The highest BCUT2D eigenvalue weighted by atomic mass is 16.5. The van der Waals surface area contributed by atoms with Gasteiger partial charge in [0.2, 0.25) is 0 Å². The van der Waals surface area contributed by atoms with Crippen LogP contribution >= 0.6 is 0 Å². The van der Waals surface area contributed by atoms with Crippen molar-refractivity contribution in [1.29, 1.82) is 0 Å². The smallest absolute Gasteiger partial charge is 0.316 e. The van der Waals surface area contributed by atoms with Gasteiger partial charge >= 0.3 is 6.03 Å². The average molecular weight is 305 g/mol. The second kappa shape index (κ2) is 8.03. The SMILES string of the molecule is COc1ccccc1C(CNC(=O)N(C)C)N1CCCCC1. The molecule has 2 amide bonds. The molecule has 1 aliphatic rings. The first-order valence-electron chi connectivity index (χ1n) is 7.95. The van der Waals surface area contributed by atoms with Crippen LogP contribution in [0.1, 0.15) is 30.9 Å². The summed E-state index contributed by atoms with van der Waals surface area (Å²) in [6.45, 7) is 2.73. The van der Waals surface area contributed by atoms with Crippen molar-refractivity contribution in [2.75, 3.05) is 40.8 Å². The van der Waals surface area contributed by atoms with Crippen LogP contribution in [0.3, 0.4) is 0 Å². The van der Waals surface area contributed by atoms with Gasteiger partial charge in [0.15, 0.2) is 0 Å². The lowest BCUT2D eigenvalue weighted by Crippen LogP contribution is -2.43. The van der Waals surface area contributed by atoms with Crippen molar-refractivity contribution in [2.45, 2.75) is 25.3 Å². The number of piperidine rings is 1. The van der Waals surface area contributed by atoms with Crippen LogP contribution in [0, 0.1) is 0 Å². The quantitative estimate of drug-likeness (QED) is 0.909. The van der Waals surface area contributed by atoms with Gasteiger partial charge in [-0.05, 0) is 32.0 Å². The predicted molar refractivity (Wildman–Crippen MR) is 88.2 cm³/mol. The summed E-state index contributed by atoms with van der Waals surface area (Å²) < 4.78 is 5.52. The summed E-state index contributed by atoms with van der Waals surface area (Å²) in [5.41, 5.74) is 1.14. The number of amides is 2. The Labute approximate surface area is 133 Å². The Morgan fingerprint density at radius 1 is 1.27 bits per heavy atom. The molecule has 2 rings (SSSR count). The summed E-state index contributed by atoms with van der Waals surface area (Å²) >= 11 is 0. The van der Waals surface area contributed by atoms with Gasteiger partial charge in [-0.2, -0.15) is 0 Å². The third-order valence-electron chi connectivity index (χ3n) is 4.18. The van der Waals surface area contributed by atoms with E-state index >= 15 is 0 Å². The second-order valence-electron chi connectivity index (χ2n) is 5.93. The third-order valence-corrected chi connectivity index (χ3v) is 4.18. The minimum Gasteiger partial charge on any atom is -0.496 e. The maximum atomic E-state index is 11.9. The fourth-order valence-electron chi connectivity index (χ4n) is 2.95. The molecule has 1 aliphatic heterocycles. The van der Waals surface area contributed by atoms with Gasteiger partial charge in [-0.25, -0.2) is 4.79 Å². The molecular formula is C17H27N3O2. The van der Waals surface area contributed by atoms with Gasteiger partial charge in [0, 0.05) is 26.2 Å². The number of hydrogen-bond donors (Lipinski definition) is 1. The zero-order valence-electron chi connectivity index (χ0n) is 13.8. The maximum Gasteiger partial charge on any atom is 0.316 e. The van der Waals surface area contributed by atoms with E-state index in [0.717, 1.165) is 24.4 Å². The minimum atomic E-state index is -0.0584. The molecule has 1 aromatic rings. The topological polar surface area (TPSA) is 44.8 Å². The molecule has 1 atom stereocenters. The van der Waals surface area contributed by atoms with Crippen LogP contribution in [0.4, 0.5) is 4.79 Å². The van der Waals surface area contributed by atoms with Gasteiger partial charge in [0.05, 0.1) is 13.2 Å². The Morgan fingerprint density at radius 3 is 2.59 bits per heavy atom. The first-order chi connectivity index (χ1) is 10.6. The Kier molecular flexibility index (Phi) is 6.07. The predicted octanol–water partition coefficient (Wildman–Crippen LogP) is 2.49. The third kappa shape index (κ3) is 4.13. The number of para-hydroxylation sites is 1. The molecule has 1 aromatic carbocycles. The largest absolute Gasteiger partial charge is 0.496 e. The second-order valence-corrected chi connectivity index (χ2v) is 5.93. The highest BCUT2D eigenvalue weighted by Gasteiger charge is 2.25. The van der Waals surface area contributed by atoms with Crippen LogP contribution < -0.4 is 10.1 Å². The highest BCUT2D eigenvalue weighted by Crippen LogP contribution is 2.30. The number of carbonyl (C=O) groups excluding carboxylic acids is 1. The molecule has 1 heterocycles. The molecule has 122 valence electrons. The fraction of sp³-hybridized carbons (Fsp3) is 0.588. The number of benzene rings is 1. The first kappa shape index (κ1) is 16.6. The molecule has 0 bridgehead atoms. The lowest BCUT2D eigenvalue weighted by atomic mass is 10.0. The summed E-state index contributed by atoms with van der Waals surface area (Å²) in [6, 6.07) is 8.19. The number of carbonyl (C=O) groups is 1. The molecule has 0 aromatic heterocycles. The van der Waals surface area contributed by atoms with Crippen molar-refractivity contribution in [1.82, 2.24) is 15.1 Å². The molecule has 1 N–H and O–H groups in total. The summed E-state index contributed by atoms with van der Waals surface area (Å²) in [4.78, 5) is 15.9. The molecule has 0 radical (unpaired) electrons. The standard InChI is InChI=1S/C17H27N3O2/c1-19(2)17(21)18-13-15(20-11-7-4-8-12-20)14-9-5-6-10-16(14)22-3/h5-6,9-10,15H,4,7-8,11-13H2,1-3H3,(H,18,21). The van der Waals surface area contributed by atoms with Crippen LogP contribution in [0.2, 0.25) is 0 Å². The van der Waals surface area contributed by atoms with Gasteiger partial charge in [-0.1, -0.05) is 24.6 Å². The molecule has 1 saturated heterocycles. The molecule has 0 saturated carbocycles. The number of nitrogens with one attached hydrogen (secondary N) is 1. The monoisotopic (exact) mass is 305 g/mol. The van der Waals surface area contributed by atoms with E-state index in [0.29, 0.717) is 6.54 Å². The molecular weight excluding hydrogens is 278 g/mol. The number of ether oxygens (including phenoxy) is 1. The van der Waals surface area contributed by atoms with E-state index in [-0.39, 0.29) is 12.1 Å². The number of hydrogen-bond acceptors (Lipinski definition) is 3. The van der Waals surface area contributed by atoms with Crippen molar-refractivity contribution in [3.63, 3.8) is 0 Å². The molecule has 0 aliphatic carbocycles. The minimum absolute atomic E-state index is 0.0584. The van der Waals surface area contributed by atoms with Crippen molar-refractivity contribution in [3.05, 3.63) is 29.8 Å². The van der Waals surface area contributed by atoms with Crippen molar-refractivity contribution >= 4 is 6.03 Å². The van der Waals surface area contributed by atoms with Gasteiger partial charge in [-0.15, -0.1) is 0 Å². The maximum absolute atomic E-state index is 11.9. The van der Waals surface area contributed by atoms with E-state index in [1.807, 2.05) is 18.2 Å². The summed E-state index contributed by atoms with van der Waals surface area (Å²) in [5.74, 6) is 0.886. The van der Waals surface area contributed by atoms with Crippen LogP contribution in [-0.2, 0) is 0 Å². The lowest BCUT2D eigenvalue weighted by molar-refractivity contribution is 0.155. The fourth-order valence-corrected chi connectivity index (χ4v) is 2.95. The number of nitrogens with zero attached hydrogens (tertiary/aromatic N) is 2. The van der Waals surface area contributed by atoms with E-state index in [9.17, 15) is 4.79 Å². The van der Waals surface area contributed by atoms with Gasteiger partial charge in [-0.3, -0.25) is 4.90 Å². The lowest BCUT2D eigenvalue weighted by Gasteiger charge is -2.35. The Balaban J connectivity index is 2.18. The normalized spacial score (nSPS) is 16.9. The molecule has 22 heavy (non-hydrogen) atoms. The van der Waals surface area contributed by atoms with Crippen molar-refractivity contribution in [3.8, 4) is 5.75 Å². The van der Waals surface area contributed by atoms with Crippen molar-refractivity contribution in [2.24, 2.45) is 0 Å². The van der Waals surface area contributed by atoms with Gasteiger partial charge in [0.1, 0.15) is 5.75 Å². The van der Waals surface area contributed by atoms with Gasteiger partial charge in [0.25, 0.3) is 0 Å². The number of urea groups is 1. The zero-order chi connectivity index (χ0) is 15.9. The van der Waals surface area contributed by atoms with Crippen molar-refractivity contribution < 1.29 is 9.53 Å². The molecule has 0 spiro atoms. The molecule has 1 fully saturated rings. The van der Waals surface area contributed by atoms with Crippen LogP contribution in [0.5, 0.6) is 5.75 Å². The summed E-state index contributed by atoms with van der Waals surface area (Å²) in [5, 5.41) is 3.02. The first-order valence-corrected chi connectivity index (χ1v) is 7.95. The van der Waals surface area contributed by atoms with E-state index in [2.05, 4.69) is 16.3 Å². The van der Waals surface area contributed by atoms with Gasteiger partial charge < -0.3 is 15.0 Å². The summed E-state index contributed by atoms with van der Waals surface area (Å²) in [7, 11) is 5.22. The Morgan fingerprint density at radius 2 is 1.95 bits per heavy atom. The summed E-state index contributed by atoms with van der Waals surface area (Å²) in [6.07, 6.45) is 3.72. The molecule has 5 nitrogen and oxygen atoms in total. The zero-order valence-corrected chi connectivity index (χ0v) is 13.8. The number of methoxy groups -OCH3 is 1.